The van der Waals surface area contributed by atoms with E-state index in [4.69, 9.17) is 0 Å². The number of hydrogen-bond donors (Lipinski definition) is 1. The maximum Gasteiger partial charge on any atom is 0.276 e. The fourth-order valence-corrected chi connectivity index (χ4v) is 2.51. The molecule has 1 aliphatic rings. The van der Waals surface area contributed by atoms with Crippen molar-refractivity contribution < 1.29 is 4.39 Å². The van der Waals surface area contributed by atoms with Crippen molar-refractivity contribution in [2.45, 2.75) is 26.8 Å². The van der Waals surface area contributed by atoms with Gasteiger partial charge in [0.25, 0.3) is 5.56 Å². The number of rotatable bonds is 0. The number of aromatic nitrogens is 3. The fourth-order valence-electron chi connectivity index (χ4n) is 2.51. The highest BCUT2D eigenvalue weighted by Crippen LogP contribution is 2.37. The van der Waals surface area contributed by atoms with Crippen molar-refractivity contribution >= 4 is 10.8 Å². The zero-order valence-electron chi connectivity index (χ0n) is 9.17. The first-order valence-electron chi connectivity index (χ1n) is 5.24. The van der Waals surface area contributed by atoms with Gasteiger partial charge in [-0.15, -0.1) is 0 Å². The Morgan fingerprint density at radius 1 is 1.56 bits per heavy atom. The maximum absolute atomic E-state index is 14.0. The predicted molar refractivity (Wildman–Crippen MR) is 57.8 cm³/mol. The summed E-state index contributed by atoms with van der Waals surface area (Å²) in [5, 5.41) is 6.78. The molecule has 0 atom stereocenters. The third kappa shape index (κ3) is 1.08. The average Bonchev–Trinajstić information content (AvgIpc) is 2.63. The van der Waals surface area contributed by atoms with E-state index in [9.17, 15) is 9.18 Å². The van der Waals surface area contributed by atoms with Gasteiger partial charge in [-0.3, -0.25) is 4.79 Å². The number of hydrogen-bond acceptors (Lipinski definition) is 2. The van der Waals surface area contributed by atoms with E-state index in [2.05, 4.69) is 24.0 Å². The highest BCUT2D eigenvalue weighted by molar-refractivity contribution is 5.84. The maximum atomic E-state index is 14.0. The SMILES string of the molecule is CC1(C)Cc2c3cn[nH]c(=O)c3c(F)n2C1. The summed E-state index contributed by atoms with van der Waals surface area (Å²) in [5.74, 6) is -0.431. The zero-order valence-corrected chi connectivity index (χ0v) is 9.17. The highest BCUT2D eigenvalue weighted by Gasteiger charge is 2.33. The molecule has 16 heavy (non-hydrogen) atoms. The summed E-state index contributed by atoms with van der Waals surface area (Å²) in [6.45, 7) is 4.79. The second-order valence-electron chi connectivity index (χ2n) is 5.15. The fraction of sp³-hybridized carbons (Fsp3) is 0.455. The van der Waals surface area contributed by atoms with Crippen LogP contribution in [0.15, 0.2) is 11.0 Å². The average molecular weight is 221 g/mol. The van der Waals surface area contributed by atoms with Gasteiger partial charge in [-0.2, -0.15) is 9.49 Å². The summed E-state index contributed by atoms with van der Waals surface area (Å²) in [4.78, 5) is 11.5. The third-order valence-electron chi connectivity index (χ3n) is 3.17. The minimum Gasteiger partial charge on any atom is -0.320 e. The smallest absolute Gasteiger partial charge is 0.276 e. The lowest BCUT2D eigenvalue weighted by Gasteiger charge is -2.15. The Balaban J connectivity index is 2.41. The summed E-state index contributed by atoms with van der Waals surface area (Å²) < 4.78 is 15.6. The van der Waals surface area contributed by atoms with E-state index in [1.807, 2.05) is 0 Å². The molecule has 1 aliphatic heterocycles. The van der Waals surface area contributed by atoms with Crippen molar-refractivity contribution in [2.24, 2.45) is 5.41 Å². The first-order valence-corrected chi connectivity index (χ1v) is 5.24. The number of aromatic amines is 1. The van der Waals surface area contributed by atoms with Crippen LogP contribution in [-0.4, -0.2) is 14.8 Å². The van der Waals surface area contributed by atoms with Crippen molar-refractivity contribution in [1.82, 2.24) is 14.8 Å². The summed E-state index contributed by atoms with van der Waals surface area (Å²) in [7, 11) is 0. The topological polar surface area (TPSA) is 50.7 Å². The summed E-state index contributed by atoms with van der Waals surface area (Å²) in [5.41, 5.74) is 0.485. The molecule has 0 saturated heterocycles. The van der Waals surface area contributed by atoms with Crippen LogP contribution in [0.3, 0.4) is 0 Å². The van der Waals surface area contributed by atoms with E-state index in [0.717, 1.165) is 12.1 Å². The molecule has 0 amide bonds. The van der Waals surface area contributed by atoms with Crippen LogP contribution in [-0.2, 0) is 13.0 Å². The van der Waals surface area contributed by atoms with E-state index in [1.165, 1.54) is 6.20 Å². The molecular weight excluding hydrogens is 209 g/mol. The van der Waals surface area contributed by atoms with Crippen LogP contribution in [0.4, 0.5) is 4.39 Å². The van der Waals surface area contributed by atoms with Gasteiger partial charge in [-0.1, -0.05) is 13.8 Å². The second kappa shape index (κ2) is 2.72. The highest BCUT2D eigenvalue weighted by atomic mass is 19.1. The summed E-state index contributed by atoms with van der Waals surface area (Å²) >= 11 is 0. The van der Waals surface area contributed by atoms with Crippen LogP contribution in [0.25, 0.3) is 10.8 Å². The molecule has 0 bridgehead atoms. The van der Waals surface area contributed by atoms with Crippen molar-refractivity contribution in [2.75, 3.05) is 0 Å². The lowest BCUT2D eigenvalue weighted by molar-refractivity contribution is 0.342. The Morgan fingerprint density at radius 2 is 2.31 bits per heavy atom. The Bertz CT molecular complexity index is 638. The summed E-state index contributed by atoms with van der Waals surface area (Å²) in [6, 6.07) is 0. The molecule has 84 valence electrons. The lowest BCUT2D eigenvalue weighted by atomic mass is 9.90. The molecule has 3 rings (SSSR count). The van der Waals surface area contributed by atoms with Crippen molar-refractivity contribution in [1.29, 1.82) is 0 Å². The molecule has 1 N–H and O–H groups in total. The second-order valence-corrected chi connectivity index (χ2v) is 5.15. The molecule has 0 aromatic carbocycles. The van der Waals surface area contributed by atoms with Crippen LogP contribution >= 0.6 is 0 Å². The Labute approximate surface area is 91.1 Å². The van der Waals surface area contributed by atoms with Gasteiger partial charge in [0.05, 0.1) is 6.20 Å². The minimum absolute atomic E-state index is 0.0486. The number of nitrogens with zero attached hydrogens (tertiary/aromatic N) is 2. The predicted octanol–water partition coefficient (Wildman–Crippen LogP) is 1.45. The van der Waals surface area contributed by atoms with E-state index in [1.54, 1.807) is 4.57 Å². The van der Waals surface area contributed by atoms with E-state index in [0.29, 0.717) is 11.9 Å². The van der Waals surface area contributed by atoms with Gasteiger partial charge < -0.3 is 4.57 Å². The van der Waals surface area contributed by atoms with E-state index < -0.39 is 11.5 Å². The Kier molecular flexibility index (Phi) is 1.63. The zero-order chi connectivity index (χ0) is 11.5. The number of fused-ring (bicyclic) bond motifs is 3. The van der Waals surface area contributed by atoms with Crippen LogP contribution in [0.2, 0.25) is 0 Å². The lowest BCUT2D eigenvalue weighted by Crippen LogP contribution is -2.15. The molecule has 4 nitrogen and oxygen atoms in total. The van der Waals surface area contributed by atoms with Crippen molar-refractivity contribution in [3.05, 3.63) is 28.2 Å². The first kappa shape index (κ1) is 9.57. The molecule has 0 spiro atoms. The standard InChI is InChI=1S/C11H12FN3O/c1-11(2)3-7-6-4-13-14-10(16)8(6)9(12)15(7)5-11/h4H,3,5H2,1-2H3,(H,14,16). The minimum atomic E-state index is -0.449. The molecule has 0 saturated carbocycles. The van der Waals surface area contributed by atoms with E-state index in [-0.39, 0.29) is 10.8 Å². The van der Waals surface area contributed by atoms with Crippen molar-refractivity contribution in [3.63, 3.8) is 0 Å². The molecule has 0 fully saturated rings. The van der Waals surface area contributed by atoms with Gasteiger partial charge in [0, 0.05) is 17.6 Å². The number of nitrogens with one attached hydrogen (secondary N) is 1. The normalized spacial score (nSPS) is 17.9. The summed E-state index contributed by atoms with van der Waals surface area (Å²) in [6.07, 6.45) is 2.31. The monoisotopic (exact) mass is 221 g/mol. The molecule has 0 radical (unpaired) electrons. The van der Waals surface area contributed by atoms with Crippen LogP contribution in [0.5, 0.6) is 0 Å². The largest absolute Gasteiger partial charge is 0.320 e. The number of halogens is 1. The van der Waals surface area contributed by atoms with Crippen LogP contribution in [0, 0.1) is 11.4 Å². The van der Waals surface area contributed by atoms with Crippen molar-refractivity contribution in [3.8, 4) is 0 Å². The molecule has 0 unspecified atom stereocenters. The molecule has 3 heterocycles. The first-order chi connectivity index (χ1) is 7.49. The quantitative estimate of drug-likeness (QED) is 0.732. The molecule has 2 aromatic heterocycles. The van der Waals surface area contributed by atoms with Gasteiger partial charge in [-0.05, 0) is 11.8 Å². The van der Waals surface area contributed by atoms with Crippen LogP contribution in [0.1, 0.15) is 19.5 Å². The van der Waals surface area contributed by atoms with Gasteiger partial charge in [0.1, 0.15) is 5.39 Å². The van der Waals surface area contributed by atoms with E-state index >= 15 is 0 Å². The molecule has 0 aliphatic carbocycles. The van der Waals surface area contributed by atoms with Gasteiger partial charge in [0.2, 0.25) is 5.95 Å². The molecule has 2 aromatic rings. The van der Waals surface area contributed by atoms with Gasteiger partial charge in [0.15, 0.2) is 0 Å². The Hall–Kier alpha value is -1.65. The van der Waals surface area contributed by atoms with Gasteiger partial charge >= 0.3 is 0 Å². The van der Waals surface area contributed by atoms with Crippen LogP contribution < -0.4 is 5.56 Å². The van der Waals surface area contributed by atoms with Gasteiger partial charge in [-0.25, -0.2) is 5.10 Å². The third-order valence-corrected chi connectivity index (χ3v) is 3.17. The molecule has 5 heteroatoms. The number of H-pyrrole nitrogens is 1. The molecular formula is C11H12FN3O. The Morgan fingerprint density at radius 3 is 3.06 bits per heavy atom.